The van der Waals surface area contributed by atoms with Crippen molar-refractivity contribution in [3.05, 3.63) is 35.9 Å². The molecule has 3 heteroatoms. The molecule has 0 aliphatic heterocycles. The van der Waals surface area contributed by atoms with Crippen molar-refractivity contribution in [2.45, 2.75) is 52.2 Å². The molecule has 0 saturated heterocycles. The molecule has 1 aromatic rings. The van der Waals surface area contributed by atoms with E-state index in [0.29, 0.717) is 13.2 Å². The molecule has 0 radical (unpaired) electrons. The first-order valence-corrected chi connectivity index (χ1v) is 8.31. The van der Waals surface area contributed by atoms with Crippen molar-refractivity contribution in [1.29, 1.82) is 0 Å². The second kappa shape index (κ2) is 11.7. The first kappa shape index (κ1) is 18.1. The van der Waals surface area contributed by atoms with Crippen molar-refractivity contribution >= 4 is 0 Å². The van der Waals surface area contributed by atoms with Gasteiger partial charge in [-0.1, -0.05) is 51.1 Å². The molecule has 0 aliphatic rings. The lowest BCUT2D eigenvalue weighted by molar-refractivity contribution is -0.0136. The second-order valence-electron chi connectivity index (χ2n) is 5.27. The van der Waals surface area contributed by atoms with Gasteiger partial charge in [0.15, 0.2) is 0 Å². The molecule has 21 heavy (non-hydrogen) atoms. The normalized spacial score (nSPS) is 14.0. The van der Waals surface area contributed by atoms with Crippen molar-refractivity contribution < 1.29 is 9.47 Å². The zero-order valence-electron chi connectivity index (χ0n) is 13.8. The van der Waals surface area contributed by atoms with Crippen LogP contribution >= 0.6 is 0 Å². The summed E-state index contributed by atoms with van der Waals surface area (Å²) in [6.07, 6.45) is 3.36. The SMILES string of the molecule is CCCNC(c1ccccc1)C(CC)OCCOCCC. The molecule has 0 saturated carbocycles. The van der Waals surface area contributed by atoms with Gasteiger partial charge in [-0.2, -0.15) is 0 Å². The number of rotatable bonds is 12. The highest BCUT2D eigenvalue weighted by Crippen LogP contribution is 2.21. The topological polar surface area (TPSA) is 30.5 Å². The van der Waals surface area contributed by atoms with Crippen LogP contribution in [0.25, 0.3) is 0 Å². The van der Waals surface area contributed by atoms with E-state index in [4.69, 9.17) is 9.47 Å². The van der Waals surface area contributed by atoms with Gasteiger partial charge < -0.3 is 14.8 Å². The van der Waals surface area contributed by atoms with Gasteiger partial charge in [0.25, 0.3) is 0 Å². The van der Waals surface area contributed by atoms with Gasteiger partial charge in [-0.25, -0.2) is 0 Å². The summed E-state index contributed by atoms with van der Waals surface area (Å²) < 4.78 is 11.6. The fourth-order valence-corrected chi connectivity index (χ4v) is 2.38. The molecule has 0 aliphatic carbocycles. The molecule has 0 fully saturated rings. The van der Waals surface area contributed by atoms with Crippen LogP contribution in [-0.2, 0) is 9.47 Å². The zero-order valence-corrected chi connectivity index (χ0v) is 13.8. The molecular weight excluding hydrogens is 262 g/mol. The number of hydrogen-bond donors (Lipinski definition) is 1. The van der Waals surface area contributed by atoms with Gasteiger partial charge >= 0.3 is 0 Å². The Labute approximate surface area is 130 Å². The second-order valence-corrected chi connectivity index (χ2v) is 5.27. The monoisotopic (exact) mass is 293 g/mol. The summed E-state index contributed by atoms with van der Waals surface area (Å²) in [6.45, 7) is 9.66. The molecular formula is C18H31NO2. The Bertz CT molecular complexity index is 342. The molecule has 1 aromatic carbocycles. The molecule has 0 amide bonds. The molecule has 2 unspecified atom stereocenters. The largest absolute Gasteiger partial charge is 0.379 e. The third-order valence-electron chi connectivity index (χ3n) is 3.46. The van der Waals surface area contributed by atoms with E-state index in [2.05, 4.69) is 56.4 Å². The van der Waals surface area contributed by atoms with E-state index in [1.54, 1.807) is 0 Å². The Morgan fingerprint density at radius 3 is 2.33 bits per heavy atom. The molecule has 0 spiro atoms. The van der Waals surface area contributed by atoms with Crippen LogP contribution in [0.3, 0.4) is 0 Å². The predicted octanol–water partition coefficient (Wildman–Crippen LogP) is 3.95. The molecule has 0 heterocycles. The fraction of sp³-hybridized carbons (Fsp3) is 0.667. The van der Waals surface area contributed by atoms with E-state index >= 15 is 0 Å². The number of nitrogens with one attached hydrogen (secondary N) is 1. The average molecular weight is 293 g/mol. The van der Waals surface area contributed by atoms with Crippen LogP contribution in [0.2, 0.25) is 0 Å². The maximum atomic E-state index is 6.06. The van der Waals surface area contributed by atoms with Crippen molar-refractivity contribution in [3.8, 4) is 0 Å². The van der Waals surface area contributed by atoms with Crippen molar-refractivity contribution in [2.75, 3.05) is 26.4 Å². The Morgan fingerprint density at radius 1 is 0.952 bits per heavy atom. The lowest BCUT2D eigenvalue weighted by atomic mass is 9.99. The zero-order chi connectivity index (χ0) is 15.3. The predicted molar refractivity (Wildman–Crippen MR) is 88.6 cm³/mol. The first-order chi connectivity index (χ1) is 10.3. The van der Waals surface area contributed by atoms with Crippen LogP contribution in [0.5, 0.6) is 0 Å². The van der Waals surface area contributed by atoms with Crippen molar-refractivity contribution in [2.24, 2.45) is 0 Å². The molecule has 1 rings (SSSR count). The van der Waals surface area contributed by atoms with Crippen molar-refractivity contribution in [3.63, 3.8) is 0 Å². The minimum absolute atomic E-state index is 0.184. The van der Waals surface area contributed by atoms with Crippen LogP contribution in [0, 0.1) is 0 Å². The van der Waals surface area contributed by atoms with Crippen LogP contribution in [0.4, 0.5) is 0 Å². The van der Waals surface area contributed by atoms with Crippen molar-refractivity contribution in [1.82, 2.24) is 5.32 Å². The van der Waals surface area contributed by atoms with Crippen LogP contribution in [0.15, 0.2) is 30.3 Å². The summed E-state index contributed by atoms with van der Waals surface area (Å²) in [7, 11) is 0. The average Bonchev–Trinajstić information content (AvgIpc) is 2.54. The van der Waals surface area contributed by atoms with Gasteiger partial charge in [0, 0.05) is 6.61 Å². The van der Waals surface area contributed by atoms with E-state index in [-0.39, 0.29) is 12.1 Å². The summed E-state index contributed by atoms with van der Waals surface area (Å²) in [5, 5.41) is 3.62. The van der Waals surface area contributed by atoms with E-state index < -0.39 is 0 Å². The van der Waals surface area contributed by atoms with E-state index in [1.807, 2.05) is 0 Å². The van der Waals surface area contributed by atoms with Crippen LogP contribution in [0.1, 0.15) is 51.6 Å². The van der Waals surface area contributed by atoms with Gasteiger partial charge in [-0.3, -0.25) is 0 Å². The third kappa shape index (κ3) is 7.07. The van der Waals surface area contributed by atoms with Gasteiger partial charge in [0.05, 0.1) is 25.4 Å². The Hall–Kier alpha value is -0.900. The minimum Gasteiger partial charge on any atom is -0.379 e. The smallest absolute Gasteiger partial charge is 0.0768 e. The maximum Gasteiger partial charge on any atom is 0.0768 e. The Balaban J connectivity index is 2.56. The molecule has 1 N–H and O–H groups in total. The quantitative estimate of drug-likeness (QED) is 0.592. The molecule has 0 bridgehead atoms. The number of benzene rings is 1. The fourth-order valence-electron chi connectivity index (χ4n) is 2.38. The number of hydrogen-bond acceptors (Lipinski definition) is 3. The summed E-state index contributed by atoms with van der Waals surface area (Å²) in [5.74, 6) is 0. The van der Waals surface area contributed by atoms with Gasteiger partial charge in [0.1, 0.15) is 0 Å². The summed E-state index contributed by atoms with van der Waals surface area (Å²) in [4.78, 5) is 0. The Kier molecular flexibility index (Phi) is 10.1. The lowest BCUT2D eigenvalue weighted by Gasteiger charge is -2.28. The van der Waals surface area contributed by atoms with E-state index in [9.17, 15) is 0 Å². The number of ether oxygens (including phenoxy) is 2. The standard InChI is InChI=1S/C18H31NO2/c1-4-12-19-18(16-10-8-7-9-11-16)17(6-3)21-15-14-20-13-5-2/h7-11,17-19H,4-6,12-15H2,1-3H3. The van der Waals surface area contributed by atoms with Gasteiger partial charge in [0.2, 0.25) is 0 Å². The molecule has 0 aromatic heterocycles. The van der Waals surface area contributed by atoms with Gasteiger partial charge in [-0.05, 0) is 31.4 Å². The molecule has 3 nitrogen and oxygen atoms in total. The Morgan fingerprint density at radius 2 is 1.71 bits per heavy atom. The van der Waals surface area contributed by atoms with Crippen LogP contribution < -0.4 is 5.32 Å². The summed E-state index contributed by atoms with van der Waals surface area (Å²) >= 11 is 0. The van der Waals surface area contributed by atoms with E-state index in [0.717, 1.165) is 32.4 Å². The first-order valence-electron chi connectivity index (χ1n) is 8.31. The summed E-state index contributed by atoms with van der Waals surface area (Å²) in [5.41, 5.74) is 1.30. The highest BCUT2D eigenvalue weighted by atomic mass is 16.5. The van der Waals surface area contributed by atoms with E-state index in [1.165, 1.54) is 5.56 Å². The van der Waals surface area contributed by atoms with Crippen LogP contribution in [-0.4, -0.2) is 32.5 Å². The third-order valence-corrected chi connectivity index (χ3v) is 3.46. The molecule has 120 valence electrons. The molecule has 2 atom stereocenters. The van der Waals surface area contributed by atoms with Gasteiger partial charge in [-0.15, -0.1) is 0 Å². The lowest BCUT2D eigenvalue weighted by Crippen LogP contribution is -2.34. The maximum absolute atomic E-state index is 6.06. The highest BCUT2D eigenvalue weighted by Gasteiger charge is 2.21. The highest BCUT2D eigenvalue weighted by molar-refractivity contribution is 5.20. The minimum atomic E-state index is 0.184. The summed E-state index contributed by atoms with van der Waals surface area (Å²) in [6, 6.07) is 10.8.